The van der Waals surface area contributed by atoms with Crippen LogP contribution in [0.2, 0.25) is 0 Å². The molecule has 2 aliphatic rings. The van der Waals surface area contributed by atoms with Gasteiger partial charge >= 0.3 is 5.97 Å². The molecule has 2 fully saturated rings. The van der Waals surface area contributed by atoms with Crippen molar-refractivity contribution in [3.05, 3.63) is 71.8 Å². The summed E-state index contributed by atoms with van der Waals surface area (Å²) in [7, 11) is 1.37. The van der Waals surface area contributed by atoms with Gasteiger partial charge in [-0.25, -0.2) is 4.79 Å². The molecule has 0 aliphatic carbocycles. The zero-order chi connectivity index (χ0) is 19.3. The average molecular weight is 383 g/mol. The Labute approximate surface area is 165 Å². The third-order valence-electron chi connectivity index (χ3n) is 5.19. The number of rotatable bonds is 7. The monoisotopic (exact) mass is 383 g/mol. The van der Waals surface area contributed by atoms with E-state index in [2.05, 4.69) is 17.0 Å². The van der Waals surface area contributed by atoms with E-state index in [0.29, 0.717) is 19.8 Å². The second-order valence-electron chi connectivity index (χ2n) is 7.11. The summed E-state index contributed by atoms with van der Waals surface area (Å²) in [4.78, 5) is 14.3. The van der Waals surface area contributed by atoms with Crippen LogP contribution in [0.15, 0.2) is 60.7 Å². The summed E-state index contributed by atoms with van der Waals surface area (Å²) in [5.41, 5.74) is 2.32. The Kier molecular flexibility index (Phi) is 6.02. The summed E-state index contributed by atoms with van der Waals surface area (Å²) >= 11 is 0. The molecule has 4 rings (SSSR count). The predicted octanol–water partition coefficient (Wildman–Crippen LogP) is 2.37. The fourth-order valence-electron chi connectivity index (χ4n) is 3.75. The summed E-state index contributed by atoms with van der Waals surface area (Å²) < 4.78 is 22.7. The molecule has 2 aliphatic heterocycles. The van der Waals surface area contributed by atoms with Crippen molar-refractivity contribution in [1.82, 2.24) is 4.90 Å². The lowest BCUT2D eigenvalue weighted by atomic mass is 10.1. The maximum absolute atomic E-state index is 12.1. The van der Waals surface area contributed by atoms with E-state index in [1.165, 1.54) is 12.7 Å². The van der Waals surface area contributed by atoms with Crippen LogP contribution in [-0.4, -0.2) is 55.7 Å². The molecule has 0 amide bonds. The van der Waals surface area contributed by atoms with E-state index in [9.17, 15) is 4.79 Å². The minimum Gasteiger partial charge on any atom is -0.467 e. The second kappa shape index (κ2) is 8.84. The van der Waals surface area contributed by atoms with Gasteiger partial charge in [0.1, 0.15) is 6.10 Å². The smallest absolute Gasteiger partial charge is 0.337 e. The average Bonchev–Trinajstić information content (AvgIpc) is 3.09. The van der Waals surface area contributed by atoms with Crippen LogP contribution in [0.3, 0.4) is 0 Å². The van der Waals surface area contributed by atoms with Crippen molar-refractivity contribution in [1.29, 1.82) is 0 Å². The second-order valence-corrected chi connectivity index (χ2v) is 7.11. The van der Waals surface area contributed by atoms with Gasteiger partial charge in [-0.1, -0.05) is 60.7 Å². The van der Waals surface area contributed by atoms with E-state index in [4.69, 9.17) is 18.9 Å². The van der Waals surface area contributed by atoms with E-state index in [1.54, 1.807) is 0 Å². The molecule has 0 N–H and O–H groups in total. The summed E-state index contributed by atoms with van der Waals surface area (Å²) in [6, 6.07) is 20.2. The Morgan fingerprint density at radius 2 is 1.71 bits per heavy atom. The molecule has 4 atom stereocenters. The van der Waals surface area contributed by atoms with Crippen molar-refractivity contribution < 1.29 is 23.7 Å². The number of ether oxygens (including phenoxy) is 4. The van der Waals surface area contributed by atoms with E-state index in [-0.39, 0.29) is 12.1 Å². The van der Waals surface area contributed by atoms with Crippen LogP contribution in [0.5, 0.6) is 0 Å². The van der Waals surface area contributed by atoms with Gasteiger partial charge in [-0.2, -0.15) is 0 Å². The third kappa shape index (κ3) is 4.25. The van der Waals surface area contributed by atoms with Crippen LogP contribution in [0.1, 0.15) is 11.1 Å². The Bertz CT molecular complexity index is 769. The molecule has 2 aromatic rings. The number of hydrogen-bond acceptors (Lipinski definition) is 6. The zero-order valence-electron chi connectivity index (χ0n) is 15.9. The van der Waals surface area contributed by atoms with Gasteiger partial charge in [0.05, 0.1) is 26.4 Å². The third-order valence-corrected chi connectivity index (χ3v) is 5.19. The van der Waals surface area contributed by atoms with Crippen molar-refractivity contribution >= 4 is 5.97 Å². The molecule has 0 saturated carbocycles. The van der Waals surface area contributed by atoms with Gasteiger partial charge in [-0.3, -0.25) is 4.90 Å². The van der Waals surface area contributed by atoms with Crippen molar-refractivity contribution in [2.75, 3.05) is 20.3 Å². The van der Waals surface area contributed by atoms with Gasteiger partial charge in [-0.15, -0.1) is 0 Å². The molecule has 148 valence electrons. The minimum absolute atomic E-state index is 0.102. The van der Waals surface area contributed by atoms with E-state index >= 15 is 0 Å². The highest BCUT2D eigenvalue weighted by atomic mass is 16.7. The summed E-state index contributed by atoms with van der Waals surface area (Å²) in [5, 5.41) is 0. The molecule has 0 radical (unpaired) electrons. The topological polar surface area (TPSA) is 57.2 Å². The quantitative estimate of drug-likeness (QED) is 0.685. The van der Waals surface area contributed by atoms with Crippen molar-refractivity contribution in [3.63, 3.8) is 0 Å². The molecular formula is C22H25NO5. The number of esters is 1. The van der Waals surface area contributed by atoms with Gasteiger partial charge in [0.25, 0.3) is 0 Å². The molecule has 2 aromatic carbocycles. The van der Waals surface area contributed by atoms with Crippen LogP contribution in [0.25, 0.3) is 0 Å². The zero-order valence-corrected chi connectivity index (χ0v) is 15.9. The summed E-state index contributed by atoms with van der Waals surface area (Å²) in [5.74, 6) is -0.391. The molecule has 2 heterocycles. The number of carbonyl (C=O) groups excluding carboxylic acids is 1. The molecule has 6 nitrogen and oxygen atoms in total. The number of hydrogen-bond donors (Lipinski definition) is 0. The molecule has 0 aromatic heterocycles. The van der Waals surface area contributed by atoms with E-state index < -0.39 is 18.4 Å². The van der Waals surface area contributed by atoms with Crippen LogP contribution in [0, 0.1) is 0 Å². The highest BCUT2D eigenvalue weighted by Crippen LogP contribution is 2.32. The molecule has 0 unspecified atom stereocenters. The van der Waals surface area contributed by atoms with Gasteiger partial charge in [0.2, 0.25) is 0 Å². The predicted molar refractivity (Wildman–Crippen MR) is 102 cm³/mol. The first-order valence-corrected chi connectivity index (χ1v) is 9.53. The molecule has 2 saturated heterocycles. The Balaban J connectivity index is 1.46. The number of carbonyl (C=O) groups is 1. The largest absolute Gasteiger partial charge is 0.467 e. The lowest BCUT2D eigenvalue weighted by molar-refractivity contribution is -0.170. The van der Waals surface area contributed by atoms with Gasteiger partial charge in [0, 0.05) is 13.1 Å². The van der Waals surface area contributed by atoms with Gasteiger partial charge in [0.15, 0.2) is 12.4 Å². The first-order chi connectivity index (χ1) is 13.7. The van der Waals surface area contributed by atoms with Gasteiger partial charge < -0.3 is 18.9 Å². The Morgan fingerprint density at radius 3 is 2.39 bits per heavy atom. The van der Waals surface area contributed by atoms with Crippen molar-refractivity contribution in [2.45, 2.75) is 37.7 Å². The highest BCUT2D eigenvalue weighted by molar-refractivity contribution is 5.75. The number of benzene rings is 2. The maximum atomic E-state index is 12.1. The summed E-state index contributed by atoms with van der Waals surface area (Å²) in [6.45, 7) is 2.30. The van der Waals surface area contributed by atoms with E-state index in [1.807, 2.05) is 48.5 Å². The maximum Gasteiger partial charge on any atom is 0.337 e. The minimum atomic E-state index is -0.688. The Morgan fingerprint density at radius 1 is 1.04 bits per heavy atom. The molecule has 6 heteroatoms. The number of fused-ring (bicyclic) bond motifs is 2. The Hall–Kier alpha value is -2.25. The van der Waals surface area contributed by atoms with Gasteiger partial charge in [-0.05, 0) is 11.1 Å². The number of morpholine rings is 1. The normalized spacial score (nSPS) is 26.9. The first-order valence-electron chi connectivity index (χ1n) is 9.53. The fraction of sp³-hybridized carbons (Fsp3) is 0.409. The molecular weight excluding hydrogens is 358 g/mol. The lowest BCUT2D eigenvalue weighted by Gasteiger charge is -2.38. The molecule has 28 heavy (non-hydrogen) atoms. The van der Waals surface area contributed by atoms with Crippen LogP contribution < -0.4 is 0 Å². The summed E-state index contributed by atoms with van der Waals surface area (Å²) in [6.07, 6.45) is -1.53. The van der Waals surface area contributed by atoms with Crippen molar-refractivity contribution in [2.24, 2.45) is 0 Å². The van der Waals surface area contributed by atoms with Crippen LogP contribution in [0.4, 0.5) is 0 Å². The molecule has 0 spiro atoms. The fourth-order valence-corrected chi connectivity index (χ4v) is 3.75. The number of methoxy groups -OCH3 is 1. The number of nitrogens with zero attached hydrogens (tertiary/aromatic N) is 1. The SMILES string of the molecule is COC(=O)[C@@H]1O[C@@H]2O[C@H]1CN(Cc1ccccc1)[C@H]2COCc1ccccc1. The highest BCUT2D eigenvalue weighted by Gasteiger charge is 2.51. The molecule has 2 bridgehead atoms. The lowest BCUT2D eigenvalue weighted by Crippen LogP contribution is -2.53. The van der Waals surface area contributed by atoms with E-state index in [0.717, 1.165) is 12.1 Å². The first kappa shape index (κ1) is 19.1. The van der Waals surface area contributed by atoms with Crippen LogP contribution in [-0.2, 0) is 36.9 Å². The standard InChI is InChI=1S/C22H25NO5/c1-25-21(24)20-19-13-23(12-16-8-4-2-5-9-16)18(22(27-19)28-20)15-26-14-17-10-6-3-7-11-17/h2-11,18-20,22H,12-15H2,1H3/t18-,19-,20+,22-/m0/s1. The van der Waals surface area contributed by atoms with Crippen molar-refractivity contribution in [3.8, 4) is 0 Å². The van der Waals surface area contributed by atoms with Crippen LogP contribution >= 0.6 is 0 Å².